The van der Waals surface area contributed by atoms with Gasteiger partial charge in [0.25, 0.3) is 0 Å². The van der Waals surface area contributed by atoms with Gasteiger partial charge in [-0.3, -0.25) is 0 Å². The van der Waals surface area contributed by atoms with Crippen LogP contribution in [0.3, 0.4) is 0 Å². The molecule has 0 aliphatic carbocycles. The molecule has 0 saturated heterocycles. The zero-order valence-electron chi connectivity index (χ0n) is 8.87. The van der Waals surface area contributed by atoms with Gasteiger partial charge in [-0.25, -0.2) is 13.9 Å². The molecule has 2 aromatic heterocycles. The van der Waals surface area contributed by atoms with Crippen LogP contribution in [-0.4, -0.2) is 14.6 Å². The van der Waals surface area contributed by atoms with E-state index in [1.165, 1.54) is 10.6 Å². The molecule has 0 fully saturated rings. The Kier molecular flexibility index (Phi) is 3.17. The summed E-state index contributed by atoms with van der Waals surface area (Å²) < 4.78 is 14.6. The summed E-state index contributed by atoms with van der Waals surface area (Å²) in [7, 11) is 0. The van der Waals surface area contributed by atoms with Gasteiger partial charge in [-0.05, 0) is 25.5 Å². The van der Waals surface area contributed by atoms with Crippen LogP contribution in [0.25, 0.3) is 5.65 Å². The third kappa shape index (κ3) is 1.89. The summed E-state index contributed by atoms with van der Waals surface area (Å²) in [6.07, 6.45) is 1.75. The topological polar surface area (TPSA) is 30.2 Å². The predicted octanol–water partition coefficient (Wildman–Crippen LogP) is 2.51. The van der Waals surface area contributed by atoms with Crippen LogP contribution < -0.4 is 0 Å². The molecule has 0 spiro atoms. The van der Waals surface area contributed by atoms with Crippen molar-refractivity contribution in [3.8, 4) is 0 Å². The van der Waals surface area contributed by atoms with Crippen LogP contribution in [-0.2, 0) is 0 Å². The third-order valence-corrected chi connectivity index (χ3v) is 1.63. The Bertz CT molecular complexity index is 434. The smallest absolute Gasteiger partial charge is 0.191 e. The molecule has 4 heteroatoms. The summed E-state index contributed by atoms with van der Waals surface area (Å²) in [6, 6.07) is 1.45. The second-order valence-corrected chi connectivity index (χ2v) is 2.79. The van der Waals surface area contributed by atoms with Crippen LogP contribution in [0.4, 0.5) is 4.39 Å². The van der Waals surface area contributed by atoms with E-state index in [0.29, 0.717) is 5.82 Å². The Hall–Kier alpha value is -1.45. The standard InChI is InChI=1S/C8H8FN3.C2H6/c1-5-3-7(9)8-10-6(2)11-12(8)4-5;1-2/h3-4H,1-2H3;1-2H3. The van der Waals surface area contributed by atoms with Crippen molar-refractivity contribution in [3.63, 3.8) is 0 Å². The van der Waals surface area contributed by atoms with Gasteiger partial charge in [0.15, 0.2) is 11.5 Å². The van der Waals surface area contributed by atoms with Gasteiger partial charge in [-0.15, -0.1) is 0 Å². The largest absolute Gasteiger partial charge is 0.218 e. The van der Waals surface area contributed by atoms with Crippen molar-refractivity contribution in [1.29, 1.82) is 0 Å². The van der Waals surface area contributed by atoms with Gasteiger partial charge in [-0.2, -0.15) is 5.10 Å². The van der Waals surface area contributed by atoms with Gasteiger partial charge in [-0.1, -0.05) is 13.8 Å². The molecular weight excluding hydrogens is 181 g/mol. The molecule has 14 heavy (non-hydrogen) atoms. The molecule has 3 nitrogen and oxygen atoms in total. The molecule has 76 valence electrons. The van der Waals surface area contributed by atoms with Crippen LogP contribution in [0.1, 0.15) is 25.2 Å². The minimum Gasteiger partial charge on any atom is -0.218 e. The van der Waals surface area contributed by atoms with E-state index in [4.69, 9.17) is 0 Å². The van der Waals surface area contributed by atoms with Gasteiger partial charge in [0.05, 0.1) is 0 Å². The number of hydrogen-bond acceptors (Lipinski definition) is 2. The van der Waals surface area contributed by atoms with Crippen molar-refractivity contribution < 1.29 is 4.39 Å². The fraction of sp³-hybridized carbons (Fsp3) is 0.400. The summed E-state index contributed by atoms with van der Waals surface area (Å²) in [5.74, 6) is 0.259. The lowest BCUT2D eigenvalue weighted by atomic mass is 10.3. The summed E-state index contributed by atoms with van der Waals surface area (Å²) in [5, 5.41) is 4.00. The van der Waals surface area contributed by atoms with Gasteiger partial charge in [0.1, 0.15) is 5.82 Å². The molecule has 0 unspecified atom stereocenters. The van der Waals surface area contributed by atoms with E-state index in [9.17, 15) is 4.39 Å². The number of pyridine rings is 1. The van der Waals surface area contributed by atoms with Crippen molar-refractivity contribution in [2.45, 2.75) is 27.7 Å². The number of hydrogen-bond donors (Lipinski definition) is 0. The molecule has 0 amide bonds. The Labute approximate surface area is 82.6 Å². The molecule has 0 aliphatic rings. The average Bonchev–Trinajstić information content (AvgIpc) is 2.49. The fourth-order valence-corrected chi connectivity index (χ4v) is 1.18. The second kappa shape index (κ2) is 4.17. The lowest BCUT2D eigenvalue weighted by molar-refractivity contribution is 0.626. The molecule has 2 heterocycles. The number of rotatable bonds is 0. The van der Waals surface area contributed by atoms with Gasteiger partial charge in [0, 0.05) is 6.20 Å². The summed E-state index contributed by atoms with van der Waals surface area (Å²) in [6.45, 7) is 7.56. The Balaban J connectivity index is 0.000000461. The van der Waals surface area contributed by atoms with Crippen LogP contribution in [0, 0.1) is 19.7 Å². The van der Waals surface area contributed by atoms with E-state index in [-0.39, 0.29) is 11.5 Å². The Morgan fingerprint density at radius 1 is 1.29 bits per heavy atom. The zero-order chi connectivity index (χ0) is 10.7. The molecule has 2 rings (SSSR count). The van der Waals surface area contributed by atoms with E-state index >= 15 is 0 Å². The second-order valence-electron chi connectivity index (χ2n) is 2.79. The SMILES string of the molecule is CC.Cc1cc(F)c2nc(C)nn2c1. The Morgan fingerprint density at radius 2 is 1.93 bits per heavy atom. The molecule has 0 saturated carbocycles. The van der Waals surface area contributed by atoms with Crippen molar-refractivity contribution in [2.75, 3.05) is 0 Å². The number of aryl methyl sites for hydroxylation is 2. The van der Waals surface area contributed by atoms with Crippen molar-refractivity contribution in [1.82, 2.24) is 14.6 Å². The molecule has 0 aromatic carbocycles. The highest BCUT2D eigenvalue weighted by molar-refractivity contribution is 5.40. The maximum atomic E-state index is 13.1. The lowest BCUT2D eigenvalue weighted by Crippen LogP contribution is -1.91. The minimum absolute atomic E-state index is 0.290. The van der Waals surface area contributed by atoms with E-state index in [1.54, 1.807) is 13.1 Å². The zero-order valence-corrected chi connectivity index (χ0v) is 8.87. The first-order valence-electron chi connectivity index (χ1n) is 4.66. The van der Waals surface area contributed by atoms with E-state index in [1.807, 2.05) is 20.8 Å². The van der Waals surface area contributed by atoms with Crippen molar-refractivity contribution in [3.05, 3.63) is 29.5 Å². The molecule has 0 atom stereocenters. The summed E-state index contributed by atoms with van der Waals surface area (Å²) in [4.78, 5) is 3.93. The van der Waals surface area contributed by atoms with Crippen LogP contribution in [0.5, 0.6) is 0 Å². The van der Waals surface area contributed by atoms with Crippen LogP contribution in [0.2, 0.25) is 0 Å². The molecule has 0 aliphatic heterocycles. The normalized spacial score (nSPS) is 9.79. The molecule has 0 bridgehead atoms. The third-order valence-electron chi connectivity index (χ3n) is 1.63. The summed E-state index contributed by atoms with van der Waals surface area (Å²) in [5.41, 5.74) is 1.13. The molecule has 2 aromatic rings. The first-order chi connectivity index (χ1) is 6.66. The predicted molar refractivity (Wildman–Crippen MR) is 53.8 cm³/mol. The minimum atomic E-state index is -0.324. The average molecular weight is 195 g/mol. The van der Waals surface area contributed by atoms with E-state index in [0.717, 1.165) is 5.56 Å². The number of aromatic nitrogens is 3. The Morgan fingerprint density at radius 3 is 2.57 bits per heavy atom. The first-order valence-corrected chi connectivity index (χ1v) is 4.66. The van der Waals surface area contributed by atoms with Gasteiger partial charge < -0.3 is 0 Å². The van der Waals surface area contributed by atoms with E-state index < -0.39 is 0 Å². The van der Waals surface area contributed by atoms with Gasteiger partial charge in [0.2, 0.25) is 0 Å². The van der Waals surface area contributed by atoms with Crippen LogP contribution >= 0.6 is 0 Å². The van der Waals surface area contributed by atoms with Crippen molar-refractivity contribution in [2.24, 2.45) is 0 Å². The highest BCUT2D eigenvalue weighted by Crippen LogP contribution is 2.08. The molecule has 0 N–H and O–H groups in total. The van der Waals surface area contributed by atoms with Gasteiger partial charge >= 0.3 is 0 Å². The monoisotopic (exact) mass is 195 g/mol. The maximum Gasteiger partial charge on any atom is 0.191 e. The number of fused-ring (bicyclic) bond motifs is 1. The van der Waals surface area contributed by atoms with E-state index in [2.05, 4.69) is 10.1 Å². The highest BCUT2D eigenvalue weighted by Gasteiger charge is 2.05. The fourth-order valence-electron chi connectivity index (χ4n) is 1.18. The summed E-state index contributed by atoms with van der Waals surface area (Å²) >= 11 is 0. The van der Waals surface area contributed by atoms with Crippen LogP contribution in [0.15, 0.2) is 12.3 Å². The first kappa shape index (κ1) is 10.6. The van der Waals surface area contributed by atoms with Crippen molar-refractivity contribution >= 4 is 5.65 Å². The number of nitrogens with zero attached hydrogens (tertiary/aromatic N) is 3. The number of halogens is 1. The molecule has 0 radical (unpaired) electrons. The maximum absolute atomic E-state index is 13.1. The highest BCUT2D eigenvalue weighted by atomic mass is 19.1. The lowest BCUT2D eigenvalue weighted by Gasteiger charge is -1.94. The quantitative estimate of drug-likeness (QED) is 0.646. The molecular formula is C10H14FN3.